The lowest BCUT2D eigenvalue weighted by Gasteiger charge is -2.33. The molecular weight excluding hydrogens is 330 g/mol. The molecule has 0 unspecified atom stereocenters. The molecule has 1 aromatic heterocycles. The van der Waals surface area contributed by atoms with E-state index in [1.807, 2.05) is 0 Å². The summed E-state index contributed by atoms with van der Waals surface area (Å²) in [5.74, 6) is 0.704. The van der Waals surface area contributed by atoms with Crippen LogP contribution in [0.15, 0.2) is 17.1 Å². The Hall–Kier alpha value is -1.89. The number of anilines is 1. The van der Waals surface area contributed by atoms with Crippen molar-refractivity contribution >= 4 is 11.6 Å². The van der Waals surface area contributed by atoms with Gasteiger partial charge in [-0.25, -0.2) is 4.68 Å². The number of hydrogen-bond donors (Lipinski definition) is 1. The van der Waals surface area contributed by atoms with E-state index in [9.17, 15) is 9.59 Å². The molecule has 1 amide bonds. The molecule has 0 spiro atoms. The third-order valence-corrected chi connectivity index (χ3v) is 5.60. The summed E-state index contributed by atoms with van der Waals surface area (Å²) in [6.07, 6.45) is 8.02. The molecule has 0 aromatic carbocycles. The minimum atomic E-state index is -0.0779. The molecule has 0 aliphatic carbocycles. The van der Waals surface area contributed by atoms with Crippen LogP contribution in [0.1, 0.15) is 38.5 Å². The van der Waals surface area contributed by atoms with Crippen LogP contribution in [0.5, 0.6) is 0 Å². The second-order valence-corrected chi connectivity index (χ2v) is 7.56. The van der Waals surface area contributed by atoms with Crippen molar-refractivity contribution in [1.82, 2.24) is 20.0 Å². The number of amides is 1. The Morgan fingerprint density at radius 1 is 1.23 bits per heavy atom. The fraction of sp³-hybridized carbons (Fsp3) is 0.737. The summed E-state index contributed by atoms with van der Waals surface area (Å²) in [6.45, 7) is 6.03. The van der Waals surface area contributed by atoms with Crippen LogP contribution in [0, 0.1) is 5.92 Å². The molecule has 1 N–H and O–H groups in total. The van der Waals surface area contributed by atoms with Gasteiger partial charge in [-0.2, -0.15) is 5.10 Å². The zero-order valence-corrected chi connectivity index (χ0v) is 15.8. The second kappa shape index (κ2) is 9.16. The van der Waals surface area contributed by atoms with Crippen LogP contribution in [0.4, 0.5) is 5.69 Å². The summed E-state index contributed by atoms with van der Waals surface area (Å²) < 4.78 is 1.34. The molecule has 0 atom stereocenters. The van der Waals surface area contributed by atoms with Crippen molar-refractivity contribution in [2.45, 2.75) is 38.5 Å². The van der Waals surface area contributed by atoms with Crippen LogP contribution < -0.4 is 15.8 Å². The predicted molar refractivity (Wildman–Crippen MR) is 102 cm³/mol. The van der Waals surface area contributed by atoms with Crippen molar-refractivity contribution in [2.75, 3.05) is 44.2 Å². The van der Waals surface area contributed by atoms with Crippen molar-refractivity contribution in [2.24, 2.45) is 13.0 Å². The lowest BCUT2D eigenvalue weighted by atomic mass is 9.96. The van der Waals surface area contributed by atoms with Crippen LogP contribution in [0.2, 0.25) is 0 Å². The standard InChI is InChI=1S/C19H31N5O2/c1-22-19(26)13-17(15-21-22)24-11-6-16(7-12-24)14-20-18(25)5-4-10-23-8-2-3-9-23/h13,15-16H,2-12,14H2,1H3,(H,20,25). The van der Waals surface area contributed by atoms with Gasteiger partial charge in [-0.15, -0.1) is 0 Å². The molecule has 0 saturated carbocycles. The van der Waals surface area contributed by atoms with E-state index in [2.05, 4.69) is 20.2 Å². The van der Waals surface area contributed by atoms with Crippen LogP contribution in [-0.4, -0.2) is 59.9 Å². The minimum absolute atomic E-state index is 0.0779. The van der Waals surface area contributed by atoms with Gasteiger partial charge in [-0.05, 0) is 57.7 Å². The molecule has 3 rings (SSSR count). The van der Waals surface area contributed by atoms with Gasteiger partial charge in [0.15, 0.2) is 0 Å². The Labute approximate surface area is 155 Å². The highest BCUT2D eigenvalue weighted by Gasteiger charge is 2.20. The summed E-state index contributed by atoms with van der Waals surface area (Å²) >= 11 is 0. The van der Waals surface area contributed by atoms with Gasteiger partial charge in [0.2, 0.25) is 5.91 Å². The van der Waals surface area contributed by atoms with Gasteiger partial charge >= 0.3 is 0 Å². The summed E-state index contributed by atoms with van der Waals surface area (Å²) in [7, 11) is 1.66. The lowest BCUT2D eigenvalue weighted by Crippen LogP contribution is -2.39. The quantitative estimate of drug-likeness (QED) is 0.784. The first kappa shape index (κ1) is 18.9. The molecule has 144 valence electrons. The molecule has 26 heavy (non-hydrogen) atoms. The third kappa shape index (κ3) is 5.30. The number of aromatic nitrogens is 2. The van der Waals surface area contributed by atoms with Crippen molar-refractivity contribution in [3.63, 3.8) is 0 Å². The van der Waals surface area contributed by atoms with Crippen molar-refractivity contribution in [3.8, 4) is 0 Å². The van der Waals surface area contributed by atoms with E-state index in [4.69, 9.17) is 0 Å². The van der Waals surface area contributed by atoms with Crippen LogP contribution in [0.3, 0.4) is 0 Å². The Morgan fingerprint density at radius 3 is 2.65 bits per heavy atom. The van der Waals surface area contributed by atoms with Gasteiger partial charge in [0.25, 0.3) is 5.56 Å². The van der Waals surface area contributed by atoms with Crippen LogP contribution in [0.25, 0.3) is 0 Å². The van der Waals surface area contributed by atoms with Gasteiger partial charge in [0, 0.05) is 39.2 Å². The molecular formula is C19H31N5O2. The van der Waals surface area contributed by atoms with Gasteiger partial charge in [-0.1, -0.05) is 0 Å². The smallest absolute Gasteiger partial charge is 0.268 e. The van der Waals surface area contributed by atoms with E-state index in [0.29, 0.717) is 12.3 Å². The lowest BCUT2D eigenvalue weighted by molar-refractivity contribution is -0.121. The number of piperidine rings is 1. The molecule has 7 heteroatoms. The zero-order chi connectivity index (χ0) is 18.4. The number of carbonyl (C=O) groups is 1. The Bertz CT molecular complexity index is 646. The van der Waals surface area contributed by atoms with E-state index in [1.165, 1.54) is 30.6 Å². The molecule has 1 aromatic rings. The maximum Gasteiger partial charge on any atom is 0.268 e. The predicted octanol–water partition coefficient (Wildman–Crippen LogP) is 0.989. The number of nitrogens with zero attached hydrogens (tertiary/aromatic N) is 4. The largest absolute Gasteiger partial charge is 0.370 e. The molecule has 3 heterocycles. The molecule has 2 fully saturated rings. The summed E-state index contributed by atoms with van der Waals surface area (Å²) in [5, 5.41) is 7.20. The summed E-state index contributed by atoms with van der Waals surface area (Å²) in [4.78, 5) is 28.4. The Kier molecular flexibility index (Phi) is 6.66. The molecule has 2 aliphatic rings. The summed E-state index contributed by atoms with van der Waals surface area (Å²) in [5.41, 5.74) is 0.823. The maximum atomic E-state index is 12.0. The van der Waals surface area contributed by atoms with E-state index in [0.717, 1.165) is 51.1 Å². The zero-order valence-electron chi connectivity index (χ0n) is 15.8. The first-order chi connectivity index (χ1) is 12.6. The number of rotatable bonds is 7. The van der Waals surface area contributed by atoms with Crippen molar-refractivity contribution < 1.29 is 4.79 Å². The Morgan fingerprint density at radius 2 is 1.96 bits per heavy atom. The SMILES string of the molecule is Cn1ncc(N2CCC(CNC(=O)CCCN3CCCC3)CC2)cc1=O. The first-order valence-corrected chi connectivity index (χ1v) is 9.89. The number of hydrogen-bond acceptors (Lipinski definition) is 5. The normalized spacial score (nSPS) is 19.0. The van der Waals surface area contributed by atoms with E-state index in [1.54, 1.807) is 19.3 Å². The molecule has 0 bridgehead atoms. The third-order valence-electron chi connectivity index (χ3n) is 5.60. The second-order valence-electron chi connectivity index (χ2n) is 7.56. The summed E-state index contributed by atoms with van der Waals surface area (Å²) in [6, 6.07) is 1.65. The average Bonchev–Trinajstić information content (AvgIpc) is 3.16. The van der Waals surface area contributed by atoms with E-state index in [-0.39, 0.29) is 11.5 Å². The maximum absolute atomic E-state index is 12.0. The van der Waals surface area contributed by atoms with Crippen molar-refractivity contribution in [1.29, 1.82) is 0 Å². The van der Waals surface area contributed by atoms with E-state index >= 15 is 0 Å². The first-order valence-electron chi connectivity index (χ1n) is 9.89. The molecule has 7 nitrogen and oxygen atoms in total. The number of likely N-dealkylation sites (tertiary alicyclic amines) is 1. The number of carbonyl (C=O) groups excluding carboxylic acids is 1. The number of aryl methyl sites for hydroxylation is 1. The molecule has 2 saturated heterocycles. The fourth-order valence-corrected chi connectivity index (χ4v) is 3.84. The van der Waals surface area contributed by atoms with Gasteiger partial charge < -0.3 is 15.1 Å². The van der Waals surface area contributed by atoms with Crippen LogP contribution in [-0.2, 0) is 11.8 Å². The molecule has 0 radical (unpaired) electrons. The Balaban J connectivity index is 1.32. The minimum Gasteiger partial charge on any atom is -0.370 e. The van der Waals surface area contributed by atoms with E-state index < -0.39 is 0 Å². The monoisotopic (exact) mass is 361 g/mol. The topological polar surface area (TPSA) is 70.5 Å². The fourth-order valence-electron chi connectivity index (χ4n) is 3.84. The average molecular weight is 361 g/mol. The van der Waals surface area contributed by atoms with Gasteiger partial charge in [0.05, 0.1) is 11.9 Å². The highest BCUT2D eigenvalue weighted by molar-refractivity contribution is 5.75. The molecule has 2 aliphatic heterocycles. The van der Waals surface area contributed by atoms with Gasteiger partial charge in [0.1, 0.15) is 0 Å². The van der Waals surface area contributed by atoms with Crippen LogP contribution >= 0.6 is 0 Å². The highest BCUT2D eigenvalue weighted by atomic mass is 16.1. The number of nitrogens with one attached hydrogen (secondary N) is 1. The van der Waals surface area contributed by atoms with Gasteiger partial charge in [-0.3, -0.25) is 9.59 Å². The van der Waals surface area contributed by atoms with Crippen molar-refractivity contribution in [3.05, 3.63) is 22.6 Å². The highest BCUT2D eigenvalue weighted by Crippen LogP contribution is 2.21.